The van der Waals surface area contributed by atoms with Crippen LogP contribution in [0.25, 0.3) is 11.3 Å². The predicted molar refractivity (Wildman–Crippen MR) is 103 cm³/mol. The van der Waals surface area contributed by atoms with Crippen molar-refractivity contribution < 1.29 is 27.1 Å². The molecular formula is C21H23F4N3O2. The van der Waals surface area contributed by atoms with Crippen molar-refractivity contribution in [3.05, 3.63) is 29.8 Å². The summed E-state index contributed by atoms with van der Waals surface area (Å²) in [4.78, 5) is 12.4. The van der Waals surface area contributed by atoms with Crippen molar-refractivity contribution in [3.63, 3.8) is 0 Å². The molecular weight excluding hydrogens is 402 g/mol. The van der Waals surface area contributed by atoms with Crippen molar-refractivity contribution in [3.8, 4) is 17.0 Å². The Morgan fingerprint density at radius 1 is 1.23 bits per heavy atom. The fraction of sp³-hybridized carbons (Fsp3) is 0.524. The lowest BCUT2D eigenvalue weighted by Gasteiger charge is -2.43. The van der Waals surface area contributed by atoms with Crippen LogP contribution in [-0.4, -0.2) is 34.6 Å². The van der Waals surface area contributed by atoms with Gasteiger partial charge in [-0.2, -0.15) is 22.7 Å². The summed E-state index contributed by atoms with van der Waals surface area (Å²) in [5.74, 6) is -9.37. The van der Waals surface area contributed by atoms with Gasteiger partial charge in [-0.3, -0.25) is 9.48 Å². The van der Waals surface area contributed by atoms with E-state index in [0.717, 1.165) is 36.1 Å². The van der Waals surface area contributed by atoms with E-state index in [0.29, 0.717) is 11.6 Å². The third kappa shape index (κ3) is 3.33. The monoisotopic (exact) mass is 425 g/mol. The number of hydrogen-bond acceptors (Lipinski definition) is 3. The molecule has 2 saturated carbocycles. The van der Waals surface area contributed by atoms with Crippen molar-refractivity contribution in [2.24, 2.45) is 13.0 Å². The van der Waals surface area contributed by atoms with E-state index in [1.807, 2.05) is 24.3 Å². The molecule has 2 aliphatic carbocycles. The largest absolute Gasteiger partial charge is 0.497 e. The van der Waals surface area contributed by atoms with Gasteiger partial charge in [-0.05, 0) is 43.0 Å². The lowest BCUT2D eigenvalue weighted by atomic mass is 9.74. The number of anilines is 1. The van der Waals surface area contributed by atoms with Crippen LogP contribution in [0.2, 0.25) is 0 Å². The topological polar surface area (TPSA) is 56.1 Å². The molecule has 0 unspecified atom stereocenters. The first-order chi connectivity index (χ1) is 14.1. The number of nitrogens with one attached hydrogen (secondary N) is 1. The Hall–Kier alpha value is -2.58. The van der Waals surface area contributed by atoms with Crippen LogP contribution < -0.4 is 10.1 Å². The standard InChI is InChI=1S/C21H23F4N3O2/c1-28-18(13-6-8-15(30-2)9-7-13)17(12-4-3-5-12)19(27-28)26-16(29)10-14-11-20(22,23)21(14,24)25/h6-9,12,14H,3-5,10-11H2,1-2H3,(H,26,27,29)/t14-/m0/s1. The Morgan fingerprint density at radius 3 is 2.40 bits per heavy atom. The van der Waals surface area contributed by atoms with Crippen LogP contribution in [0.3, 0.4) is 0 Å². The lowest BCUT2D eigenvalue weighted by Crippen LogP contribution is -2.59. The van der Waals surface area contributed by atoms with Gasteiger partial charge in [-0.1, -0.05) is 6.42 Å². The molecule has 0 spiro atoms. The minimum absolute atomic E-state index is 0.195. The molecule has 9 heteroatoms. The molecule has 162 valence electrons. The molecule has 1 aromatic heterocycles. The van der Waals surface area contributed by atoms with Crippen LogP contribution in [-0.2, 0) is 11.8 Å². The molecule has 4 rings (SSSR count). The fourth-order valence-corrected chi connectivity index (χ4v) is 4.16. The van der Waals surface area contributed by atoms with E-state index < -0.39 is 36.5 Å². The first-order valence-corrected chi connectivity index (χ1v) is 9.91. The van der Waals surface area contributed by atoms with Crippen molar-refractivity contribution in [1.29, 1.82) is 0 Å². The van der Waals surface area contributed by atoms with Gasteiger partial charge in [0.15, 0.2) is 5.82 Å². The second kappa shape index (κ2) is 7.28. The van der Waals surface area contributed by atoms with Gasteiger partial charge in [0.1, 0.15) is 5.75 Å². The number of benzene rings is 1. The van der Waals surface area contributed by atoms with E-state index in [1.165, 1.54) is 0 Å². The molecule has 1 aromatic carbocycles. The minimum atomic E-state index is -4.15. The number of halogens is 4. The van der Waals surface area contributed by atoms with E-state index in [-0.39, 0.29) is 5.92 Å². The molecule has 0 bridgehead atoms. The molecule has 1 amide bonds. The highest BCUT2D eigenvalue weighted by Crippen LogP contribution is 2.56. The van der Waals surface area contributed by atoms with Gasteiger partial charge in [0.05, 0.1) is 12.8 Å². The first-order valence-electron chi connectivity index (χ1n) is 9.91. The normalized spacial score (nSPS) is 22.1. The van der Waals surface area contributed by atoms with Gasteiger partial charge < -0.3 is 10.1 Å². The number of nitrogens with zero attached hydrogens (tertiary/aromatic N) is 2. The van der Waals surface area contributed by atoms with Gasteiger partial charge in [-0.25, -0.2) is 0 Å². The van der Waals surface area contributed by atoms with Gasteiger partial charge in [0.25, 0.3) is 0 Å². The van der Waals surface area contributed by atoms with Crippen molar-refractivity contribution in [2.45, 2.75) is 49.9 Å². The molecule has 2 fully saturated rings. The maximum absolute atomic E-state index is 13.5. The number of alkyl halides is 4. The number of carbonyl (C=O) groups excluding carboxylic acids is 1. The summed E-state index contributed by atoms with van der Waals surface area (Å²) >= 11 is 0. The average Bonchev–Trinajstić information content (AvgIpc) is 2.95. The zero-order valence-electron chi connectivity index (χ0n) is 16.7. The van der Waals surface area contributed by atoms with E-state index in [4.69, 9.17) is 4.74 Å². The summed E-state index contributed by atoms with van der Waals surface area (Å²) in [6, 6.07) is 7.43. The molecule has 5 nitrogen and oxygen atoms in total. The number of ether oxygens (including phenoxy) is 1. The second-order valence-electron chi connectivity index (χ2n) is 8.07. The fourth-order valence-electron chi connectivity index (χ4n) is 4.16. The van der Waals surface area contributed by atoms with Crippen molar-refractivity contribution >= 4 is 11.7 Å². The smallest absolute Gasteiger partial charge is 0.313 e. The van der Waals surface area contributed by atoms with Crippen molar-refractivity contribution in [2.75, 3.05) is 12.4 Å². The SMILES string of the molecule is COc1ccc(-c2c(C3CCC3)c(NC(=O)C[C@H]3CC(F)(F)C3(F)F)nn2C)cc1. The Kier molecular flexibility index (Phi) is 5.02. The Balaban J connectivity index is 1.58. The highest BCUT2D eigenvalue weighted by atomic mass is 19.3. The zero-order chi connectivity index (χ0) is 21.7. The molecule has 0 saturated heterocycles. The Labute approximate surface area is 171 Å². The maximum Gasteiger partial charge on any atom is 0.313 e. The Morgan fingerprint density at radius 2 is 1.90 bits per heavy atom. The number of rotatable bonds is 6. The molecule has 1 atom stereocenters. The third-order valence-corrected chi connectivity index (χ3v) is 6.15. The van der Waals surface area contributed by atoms with E-state index >= 15 is 0 Å². The predicted octanol–water partition coefficient (Wildman–Crippen LogP) is 4.98. The highest BCUT2D eigenvalue weighted by Gasteiger charge is 2.71. The lowest BCUT2D eigenvalue weighted by molar-refractivity contribution is -0.313. The number of methoxy groups -OCH3 is 1. The molecule has 2 aliphatic rings. The van der Waals surface area contributed by atoms with Crippen LogP contribution in [0.15, 0.2) is 24.3 Å². The molecule has 0 aliphatic heterocycles. The summed E-state index contributed by atoms with van der Waals surface area (Å²) in [7, 11) is 3.33. The summed E-state index contributed by atoms with van der Waals surface area (Å²) in [6.45, 7) is 0. The quantitative estimate of drug-likeness (QED) is 0.664. The minimum Gasteiger partial charge on any atom is -0.497 e. The number of carbonyl (C=O) groups is 1. The number of aryl methyl sites for hydroxylation is 1. The van der Waals surface area contributed by atoms with E-state index in [2.05, 4.69) is 10.4 Å². The number of amides is 1. The second-order valence-corrected chi connectivity index (χ2v) is 8.07. The summed E-state index contributed by atoms with van der Waals surface area (Å²) < 4.78 is 60.0. The van der Waals surface area contributed by atoms with Crippen LogP contribution in [0.4, 0.5) is 23.4 Å². The van der Waals surface area contributed by atoms with Gasteiger partial charge in [0, 0.05) is 36.9 Å². The third-order valence-electron chi connectivity index (χ3n) is 6.15. The molecule has 1 N–H and O–H groups in total. The van der Waals surface area contributed by atoms with Crippen LogP contribution in [0, 0.1) is 5.92 Å². The molecule has 0 radical (unpaired) electrons. The average molecular weight is 425 g/mol. The molecule has 1 heterocycles. The van der Waals surface area contributed by atoms with Crippen molar-refractivity contribution in [1.82, 2.24) is 9.78 Å². The zero-order valence-corrected chi connectivity index (χ0v) is 16.7. The molecule has 30 heavy (non-hydrogen) atoms. The highest BCUT2D eigenvalue weighted by molar-refractivity contribution is 5.92. The van der Waals surface area contributed by atoms with Gasteiger partial charge in [-0.15, -0.1) is 0 Å². The van der Waals surface area contributed by atoms with Crippen LogP contribution in [0.5, 0.6) is 5.75 Å². The summed E-state index contributed by atoms with van der Waals surface area (Å²) in [6.07, 6.45) is 1.27. The van der Waals surface area contributed by atoms with E-state index in [9.17, 15) is 22.4 Å². The number of hydrogen-bond donors (Lipinski definition) is 1. The van der Waals surface area contributed by atoms with Gasteiger partial charge in [0.2, 0.25) is 5.91 Å². The van der Waals surface area contributed by atoms with Crippen LogP contribution in [0.1, 0.15) is 43.6 Å². The Bertz CT molecular complexity index is 952. The molecule has 2 aromatic rings. The first kappa shape index (κ1) is 20.7. The summed E-state index contributed by atoms with van der Waals surface area (Å²) in [5, 5.41) is 7.01. The maximum atomic E-state index is 13.5. The van der Waals surface area contributed by atoms with Crippen LogP contribution >= 0.6 is 0 Å². The van der Waals surface area contributed by atoms with E-state index in [1.54, 1.807) is 18.8 Å². The van der Waals surface area contributed by atoms with Gasteiger partial charge >= 0.3 is 11.8 Å². The number of aromatic nitrogens is 2. The summed E-state index contributed by atoms with van der Waals surface area (Å²) in [5.41, 5.74) is 2.57.